The summed E-state index contributed by atoms with van der Waals surface area (Å²) in [5.41, 5.74) is 1.40. The van der Waals surface area contributed by atoms with Crippen molar-refractivity contribution < 1.29 is 4.79 Å². The first kappa shape index (κ1) is 14.7. The molecular weight excluding hydrogens is 280 g/mol. The lowest BCUT2D eigenvalue weighted by molar-refractivity contribution is -0.132. The number of piperazine rings is 1. The molecule has 1 aliphatic heterocycles. The normalized spacial score (nSPS) is 16.1. The molecule has 2 aromatic rings. The van der Waals surface area contributed by atoms with Crippen LogP contribution >= 0.6 is 0 Å². The fraction of sp³-hybridized carbons (Fsp3) is 0.438. The highest BCUT2D eigenvalue weighted by atomic mass is 16.2. The number of amides is 1. The Kier molecular flexibility index (Phi) is 4.20. The molecule has 0 aromatic carbocycles. The molecule has 22 heavy (non-hydrogen) atoms. The van der Waals surface area contributed by atoms with Gasteiger partial charge in [0.2, 0.25) is 5.91 Å². The van der Waals surface area contributed by atoms with Crippen molar-refractivity contribution in [3.63, 3.8) is 0 Å². The number of aromatic nitrogens is 2. The summed E-state index contributed by atoms with van der Waals surface area (Å²) < 4.78 is 1.54. The molecule has 1 fully saturated rings. The van der Waals surface area contributed by atoms with Crippen molar-refractivity contribution in [2.45, 2.75) is 19.9 Å². The highest BCUT2D eigenvalue weighted by molar-refractivity contribution is 5.75. The van der Waals surface area contributed by atoms with E-state index in [9.17, 15) is 9.59 Å². The molecule has 0 spiro atoms. The number of hydrogen-bond donors (Lipinski definition) is 0. The number of fused-ring (bicyclic) bond motifs is 1. The fourth-order valence-corrected chi connectivity index (χ4v) is 2.79. The highest BCUT2D eigenvalue weighted by Gasteiger charge is 2.20. The molecule has 0 aliphatic carbocycles. The van der Waals surface area contributed by atoms with E-state index in [1.165, 1.54) is 0 Å². The van der Waals surface area contributed by atoms with Gasteiger partial charge in [0, 0.05) is 51.4 Å². The van der Waals surface area contributed by atoms with Crippen molar-refractivity contribution in [3.8, 4) is 0 Å². The minimum atomic E-state index is -0.0552. The van der Waals surface area contributed by atoms with E-state index in [4.69, 9.17) is 0 Å². The largest absolute Gasteiger partial charge is 0.340 e. The summed E-state index contributed by atoms with van der Waals surface area (Å²) in [5.74, 6) is 0.210. The summed E-state index contributed by atoms with van der Waals surface area (Å²) >= 11 is 0. The number of pyridine rings is 1. The van der Waals surface area contributed by atoms with Gasteiger partial charge < -0.3 is 4.90 Å². The summed E-state index contributed by atoms with van der Waals surface area (Å²) in [6.07, 6.45) is 2.28. The third kappa shape index (κ3) is 3.01. The summed E-state index contributed by atoms with van der Waals surface area (Å²) in [6, 6.07) is 7.12. The predicted octanol–water partition coefficient (Wildman–Crippen LogP) is 0.749. The number of carbonyl (C=O) groups excluding carboxylic acids is 1. The van der Waals surface area contributed by atoms with Crippen LogP contribution < -0.4 is 5.56 Å². The maximum atomic E-state index is 12.1. The average molecular weight is 300 g/mol. The number of nitrogens with zero attached hydrogens (tertiary/aromatic N) is 4. The Morgan fingerprint density at radius 1 is 1.23 bits per heavy atom. The summed E-state index contributed by atoms with van der Waals surface area (Å²) in [7, 11) is 0. The number of rotatable bonds is 3. The number of carbonyl (C=O) groups is 1. The van der Waals surface area contributed by atoms with Crippen LogP contribution in [0, 0.1) is 0 Å². The van der Waals surface area contributed by atoms with Gasteiger partial charge in [-0.15, -0.1) is 0 Å². The van der Waals surface area contributed by atoms with Crippen LogP contribution in [0.15, 0.2) is 35.3 Å². The molecule has 0 bridgehead atoms. The first-order chi connectivity index (χ1) is 10.7. The molecule has 3 heterocycles. The van der Waals surface area contributed by atoms with Gasteiger partial charge in [-0.3, -0.25) is 18.9 Å². The van der Waals surface area contributed by atoms with Crippen LogP contribution in [-0.4, -0.2) is 51.3 Å². The minimum absolute atomic E-state index is 0.0552. The van der Waals surface area contributed by atoms with Crippen LogP contribution in [0.4, 0.5) is 0 Å². The van der Waals surface area contributed by atoms with Gasteiger partial charge in [0.05, 0.1) is 5.69 Å². The summed E-state index contributed by atoms with van der Waals surface area (Å²) in [6.45, 7) is 5.68. The van der Waals surface area contributed by atoms with Crippen LogP contribution in [0.1, 0.15) is 19.0 Å². The van der Waals surface area contributed by atoms with Crippen molar-refractivity contribution >= 4 is 11.6 Å². The predicted molar refractivity (Wildman–Crippen MR) is 83.6 cm³/mol. The van der Waals surface area contributed by atoms with Crippen LogP contribution in [0.25, 0.3) is 5.65 Å². The molecule has 0 unspecified atom stereocenters. The van der Waals surface area contributed by atoms with Gasteiger partial charge >= 0.3 is 0 Å². The monoisotopic (exact) mass is 300 g/mol. The Morgan fingerprint density at radius 3 is 2.73 bits per heavy atom. The van der Waals surface area contributed by atoms with E-state index in [1.54, 1.807) is 16.7 Å². The molecular formula is C16H20N4O2. The van der Waals surface area contributed by atoms with Gasteiger partial charge in [0.1, 0.15) is 5.65 Å². The highest BCUT2D eigenvalue weighted by Crippen LogP contribution is 2.08. The zero-order chi connectivity index (χ0) is 15.5. The lowest BCUT2D eigenvalue weighted by atomic mass is 10.2. The fourth-order valence-electron chi connectivity index (χ4n) is 2.79. The van der Waals surface area contributed by atoms with E-state index in [0.717, 1.165) is 31.9 Å². The van der Waals surface area contributed by atoms with Gasteiger partial charge in [-0.1, -0.05) is 13.0 Å². The zero-order valence-electron chi connectivity index (χ0n) is 12.7. The van der Waals surface area contributed by atoms with E-state index in [-0.39, 0.29) is 11.5 Å². The van der Waals surface area contributed by atoms with Gasteiger partial charge in [-0.25, -0.2) is 4.98 Å². The Morgan fingerprint density at radius 2 is 2.00 bits per heavy atom. The van der Waals surface area contributed by atoms with Crippen molar-refractivity contribution in [2.75, 3.05) is 26.2 Å². The summed E-state index contributed by atoms with van der Waals surface area (Å²) in [5, 5.41) is 0. The molecule has 2 aromatic heterocycles. The second-order valence-electron chi connectivity index (χ2n) is 5.53. The van der Waals surface area contributed by atoms with E-state index in [1.807, 2.05) is 30.0 Å². The molecule has 0 atom stereocenters. The Hall–Kier alpha value is -2.21. The first-order valence-corrected chi connectivity index (χ1v) is 7.65. The van der Waals surface area contributed by atoms with Crippen molar-refractivity contribution in [1.82, 2.24) is 19.2 Å². The molecule has 1 amide bonds. The molecule has 0 radical (unpaired) electrons. The van der Waals surface area contributed by atoms with E-state index >= 15 is 0 Å². The van der Waals surface area contributed by atoms with Crippen LogP contribution in [0.5, 0.6) is 0 Å². The Bertz CT molecular complexity index is 732. The minimum Gasteiger partial charge on any atom is -0.340 e. The van der Waals surface area contributed by atoms with Crippen LogP contribution in [-0.2, 0) is 11.3 Å². The maximum absolute atomic E-state index is 12.1. The maximum Gasteiger partial charge on any atom is 0.258 e. The first-order valence-electron chi connectivity index (χ1n) is 7.65. The quantitative estimate of drug-likeness (QED) is 0.839. The Balaban J connectivity index is 1.70. The molecule has 0 saturated carbocycles. The van der Waals surface area contributed by atoms with E-state index in [2.05, 4.69) is 9.88 Å². The van der Waals surface area contributed by atoms with Gasteiger partial charge in [0.15, 0.2) is 0 Å². The third-order valence-electron chi connectivity index (χ3n) is 4.04. The van der Waals surface area contributed by atoms with Crippen molar-refractivity contribution in [3.05, 3.63) is 46.5 Å². The number of hydrogen-bond acceptors (Lipinski definition) is 4. The zero-order valence-corrected chi connectivity index (χ0v) is 12.7. The second kappa shape index (κ2) is 6.27. The molecule has 116 valence electrons. The van der Waals surface area contributed by atoms with E-state index in [0.29, 0.717) is 18.6 Å². The van der Waals surface area contributed by atoms with Crippen LogP contribution in [0.3, 0.4) is 0 Å². The SMILES string of the molecule is CCC(=O)N1CCN(Cc2cc(=O)n3ccccc3n2)CC1. The van der Waals surface area contributed by atoms with Gasteiger partial charge in [-0.05, 0) is 12.1 Å². The summed E-state index contributed by atoms with van der Waals surface area (Å²) in [4.78, 5) is 32.4. The standard InChI is InChI=1S/C16H20N4O2/c1-2-15(21)19-9-7-18(8-10-19)12-13-11-16(22)20-6-4-3-5-14(20)17-13/h3-6,11H,2,7-10,12H2,1H3. The molecule has 6 heteroatoms. The van der Waals surface area contributed by atoms with Gasteiger partial charge in [-0.2, -0.15) is 0 Å². The average Bonchev–Trinajstić information content (AvgIpc) is 2.55. The molecule has 1 aliphatic rings. The van der Waals surface area contributed by atoms with E-state index < -0.39 is 0 Å². The smallest absolute Gasteiger partial charge is 0.258 e. The lowest BCUT2D eigenvalue weighted by Gasteiger charge is -2.34. The molecule has 3 rings (SSSR count). The molecule has 0 N–H and O–H groups in total. The molecule has 1 saturated heterocycles. The van der Waals surface area contributed by atoms with Crippen molar-refractivity contribution in [2.24, 2.45) is 0 Å². The lowest BCUT2D eigenvalue weighted by Crippen LogP contribution is -2.48. The molecule has 6 nitrogen and oxygen atoms in total. The topological polar surface area (TPSA) is 57.9 Å². The van der Waals surface area contributed by atoms with Crippen LogP contribution in [0.2, 0.25) is 0 Å². The van der Waals surface area contributed by atoms with Gasteiger partial charge in [0.25, 0.3) is 5.56 Å². The second-order valence-corrected chi connectivity index (χ2v) is 5.53. The third-order valence-corrected chi connectivity index (χ3v) is 4.04. The Labute approximate surface area is 129 Å². The van der Waals surface area contributed by atoms with Crippen molar-refractivity contribution in [1.29, 1.82) is 0 Å².